The van der Waals surface area contributed by atoms with Gasteiger partial charge in [0.2, 0.25) is 0 Å². The second-order valence-corrected chi connectivity index (χ2v) is 5.15. The van der Waals surface area contributed by atoms with Crippen LogP contribution in [0.25, 0.3) is 0 Å². The molecule has 0 radical (unpaired) electrons. The average molecular weight is 304 g/mol. The number of amidine groups is 2. The third-order valence-electron chi connectivity index (χ3n) is 3.78. The summed E-state index contributed by atoms with van der Waals surface area (Å²) in [6.45, 7) is 0.119. The van der Waals surface area contributed by atoms with Crippen LogP contribution >= 0.6 is 0 Å². The summed E-state index contributed by atoms with van der Waals surface area (Å²) < 4.78 is 0. The molecule has 0 saturated heterocycles. The molecule has 6 nitrogen and oxygen atoms in total. The molecule has 2 aromatic carbocycles. The highest BCUT2D eigenvalue weighted by molar-refractivity contribution is 6.24. The third kappa shape index (κ3) is 2.20. The maximum Gasteiger partial charge on any atom is 0.257 e. The van der Waals surface area contributed by atoms with E-state index in [1.165, 1.54) is 0 Å². The topological polar surface area (TPSA) is 82.9 Å². The highest BCUT2D eigenvalue weighted by Gasteiger charge is 2.25. The van der Waals surface area contributed by atoms with Crippen molar-refractivity contribution in [2.24, 2.45) is 9.98 Å². The first kappa shape index (κ1) is 13.4. The van der Waals surface area contributed by atoms with Crippen molar-refractivity contribution in [2.75, 3.05) is 6.67 Å². The number of benzene rings is 2. The van der Waals surface area contributed by atoms with Gasteiger partial charge in [-0.1, -0.05) is 36.4 Å². The summed E-state index contributed by atoms with van der Waals surface area (Å²) in [5.41, 5.74) is 2.76. The quantitative estimate of drug-likeness (QED) is 0.877. The molecule has 0 spiro atoms. The number of rotatable bonds is 2. The van der Waals surface area contributed by atoms with E-state index in [0.29, 0.717) is 22.8 Å². The van der Waals surface area contributed by atoms with E-state index in [0.717, 1.165) is 11.1 Å². The van der Waals surface area contributed by atoms with Gasteiger partial charge < -0.3 is 10.6 Å². The van der Waals surface area contributed by atoms with Crippen LogP contribution in [-0.2, 0) is 0 Å². The summed E-state index contributed by atoms with van der Waals surface area (Å²) >= 11 is 0. The van der Waals surface area contributed by atoms with Gasteiger partial charge in [-0.25, -0.2) is 9.98 Å². The van der Waals surface area contributed by atoms with Gasteiger partial charge in [0.25, 0.3) is 11.8 Å². The van der Waals surface area contributed by atoms with Crippen molar-refractivity contribution in [1.82, 2.24) is 10.6 Å². The van der Waals surface area contributed by atoms with Crippen molar-refractivity contribution in [1.29, 1.82) is 0 Å². The molecule has 0 unspecified atom stereocenters. The van der Waals surface area contributed by atoms with Gasteiger partial charge in [-0.2, -0.15) is 0 Å². The van der Waals surface area contributed by atoms with Crippen LogP contribution in [0.15, 0.2) is 58.5 Å². The fourth-order valence-electron chi connectivity index (χ4n) is 2.69. The maximum absolute atomic E-state index is 11.8. The zero-order valence-electron chi connectivity index (χ0n) is 12.0. The van der Waals surface area contributed by atoms with Crippen LogP contribution in [0.4, 0.5) is 0 Å². The van der Waals surface area contributed by atoms with E-state index in [1.807, 2.05) is 36.4 Å². The first-order valence-corrected chi connectivity index (χ1v) is 7.14. The van der Waals surface area contributed by atoms with Gasteiger partial charge in [0.1, 0.15) is 18.3 Å². The van der Waals surface area contributed by atoms with Gasteiger partial charge >= 0.3 is 0 Å². The summed E-state index contributed by atoms with van der Waals surface area (Å²) in [5.74, 6) is 0.693. The molecule has 2 aromatic rings. The molecule has 23 heavy (non-hydrogen) atoms. The summed E-state index contributed by atoms with van der Waals surface area (Å²) in [4.78, 5) is 32.3. The van der Waals surface area contributed by atoms with Crippen LogP contribution in [0.2, 0.25) is 0 Å². The molecule has 0 bridgehead atoms. The van der Waals surface area contributed by atoms with Crippen molar-refractivity contribution in [3.63, 3.8) is 0 Å². The number of nitrogens with zero attached hydrogens (tertiary/aromatic N) is 2. The molecular weight excluding hydrogens is 292 g/mol. The molecule has 2 aliphatic rings. The zero-order chi connectivity index (χ0) is 15.8. The molecule has 2 N–H and O–H groups in total. The fraction of sp³-hybridized carbons (Fsp3) is 0.0588. The van der Waals surface area contributed by atoms with E-state index in [2.05, 4.69) is 20.6 Å². The number of hydrogen-bond donors (Lipinski definition) is 2. The first-order chi connectivity index (χ1) is 11.2. The Morgan fingerprint density at radius 1 is 0.652 bits per heavy atom. The van der Waals surface area contributed by atoms with E-state index >= 15 is 0 Å². The number of fused-ring (bicyclic) bond motifs is 2. The SMILES string of the molecule is O=C1N/C(=N\C/N=C2\NC(=O)c3ccccc32)c2ccccc21. The minimum atomic E-state index is -0.161. The van der Waals surface area contributed by atoms with E-state index in [9.17, 15) is 9.59 Å². The lowest BCUT2D eigenvalue weighted by atomic mass is 10.1. The lowest BCUT2D eigenvalue weighted by Gasteiger charge is -1.99. The number of carbonyl (C=O) groups excluding carboxylic acids is 2. The molecule has 4 rings (SSSR count). The number of nitrogens with one attached hydrogen (secondary N) is 2. The van der Waals surface area contributed by atoms with Gasteiger partial charge in [-0.05, 0) is 12.1 Å². The Balaban J connectivity index is 1.60. The van der Waals surface area contributed by atoms with Crippen LogP contribution in [0, 0.1) is 0 Å². The highest BCUT2D eigenvalue weighted by atomic mass is 16.2. The van der Waals surface area contributed by atoms with Crippen molar-refractivity contribution < 1.29 is 9.59 Å². The number of amides is 2. The van der Waals surface area contributed by atoms with E-state index < -0.39 is 0 Å². The number of carbonyl (C=O) groups is 2. The first-order valence-electron chi connectivity index (χ1n) is 7.14. The lowest BCUT2D eigenvalue weighted by Crippen LogP contribution is -2.23. The van der Waals surface area contributed by atoms with Crippen molar-refractivity contribution in [3.8, 4) is 0 Å². The van der Waals surface area contributed by atoms with Crippen LogP contribution < -0.4 is 10.6 Å². The van der Waals surface area contributed by atoms with E-state index in [-0.39, 0.29) is 18.5 Å². The largest absolute Gasteiger partial charge is 0.306 e. The highest BCUT2D eigenvalue weighted by Crippen LogP contribution is 2.17. The lowest BCUT2D eigenvalue weighted by molar-refractivity contribution is 0.0975. The molecule has 0 saturated carbocycles. The van der Waals surface area contributed by atoms with Crippen molar-refractivity contribution >= 4 is 23.5 Å². The van der Waals surface area contributed by atoms with Crippen LogP contribution in [0.3, 0.4) is 0 Å². The molecule has 2 amide bonds. The number of hydrogen-bond acceptors (Lipinski definition) is 4. The smallest absolute Gasteiger partial charge is 0.257 e. The molecule has 0 aromatic heterocycles. The Hall–Kier alpha value is -3.28. The second-order valence-electron chi connectivity index (χ2n) is 5.15. The van der Waals surface area contributed by atoms with Gasteiger partial charge in [-0.15, -0.1) is 0 Å². The Morgan fingerprint density at radius 3 is 1.48 bits per heavy atom. The molecule has 0 aliphatic carbocycles. The monoisotopic (exact) mass is 304 g/mol. The third-order valence-corrected chi connectivity index (χ3v) is 3.78. The molecule has 6 heteroatoms. The maximum atomic E-state index is 11.8. The molecule has 112 valence electrons. The summed E-state index contributed by atoms with van der Waals surface area (Å²) in [6.07, 6.45) is 0. The fourth-order valence-corrected chi connectivity index (χ4v) is 2.69. The van der Waals surface area contributed by atoms with E-state index in [4.69, 9.17) is 0 Å². The summed E-state index contributed by atoms with van der Waals surface area (Å²) in [7, 11) is 0. The average Bonchev–Trinajstić information content (AvgIpc) is 3.07. The molecule has 2 heterocycles. The minimum absolute atomic E-state index is 0.119. The summed E-state index contributed by atoms with van der Waals surface area (Å²) in [6, 6.07) is 14.5. The van der Waals surface area contributed by atoms with Gasteiger partial charge in [0.05, 0.1) is 11.1 Å². The van der Waals surface area contributed by atoms with Crippen LogP contribution in [0.5, 0.6) is 0 Å². The van der Waals surface area contributed by atoms with Crippen LogP contribution in [-0.4, -0.2) is 30.2 Å². The second kappa shape index (κ2) is 5.17. The van der Waals surface area contributed by atoms with Gasteiger partial charge in [-0.3, -0.25) is 9.59 Å². The van der Waals surface area contributed by atoms with E-state index in [1.54, 1.807) is 12.1 Å². The molecular formula is C17H12N4O2. The van der Waals surface area contributed by atoms with Crippen molar-refractivity contribution in [3.05, 3.63) is 70.8 Å². The Labute approximate surface area is 132 Å². The predicted octanol–water partition coefficient (Wildman–Crippen LogP) is 1.32. The Kier molecular flexibility index (Phi) is 3.01. The predicted molar refractivity (Wildman–Crippen MR) is 85.8 cm³/mol. The van der Waals surface area contributed by atoms with Gasteiger partial charge in [0.15, 0.2) is 0 Å². The molecule has 0 atom stereocenters. The van der Waals surface area contributed by atoms with Crippen LogP contribution in [0.1, 0.15) is 31.8 Å². The number of aliphatic imine (C=N–C) groups is 2. The minimum Gasteiger partial charge on any atom is -0.306 e. The van der Waals surface area contributed by atoms with Gasteiger partial charge in [0, 0.05) is 11.1 Å². The summed E-state index contributed by atoms with van der Waals surface area (Å²) in [5, 5.41) is 5.45. The Bertz CT molecular complexity index is 825. The van der Waals surface area contributed by atoms with Crippen molar-refractivity contribution in [2.45, 2.75) is 0 Å². The zero-order valence-corrected chi connectivity index (χ0v) is 12.0. The molecule has 2 aliphatic heterocycles. The normalized spacial score (nSPS) is 18.8. The standard InChI is InChI=1S/C17H12N4O2/c22-16-12-7-3-1-5-10(12)14(20-16)18-9-19-15-11-6-2-4-8-13(11)17(23)21-15/h1-8H,9H2,(H,18,20,22)(H,19,21,23). The Morgan fingerprint density at radius 2 is 1.04 bits per heavy atom. The molecule has 0 fully saturated rings.